The molecular weight excluding hydrogens is 164 g/mol. The van der Waals surface area contributed by atoms with E-state index in [0.717, 1.165) is 19.4 Å². The summed E-state index contributed by atoms with van der Waals surface area (Å²) in [4.78, 5) is 0. The fourth-order valence-corrected chi connectivity index (χ4v) is 2.78. The molecule has 2 bridgehead atoms. The molecule has 0 aromatic rings. The monoisotopic (exact) mass is 184 g/mol. The van der Waals surface area contributed by atoms with Gasteiger partial charge < -0.3 is 9.84 Å². The van der Waals surface area contributed by atoms with Crippen LogP contribution >= 0.6 is 0 Å². The maximum Gasteiger partial charge on any atom is 0.0607 e. The number of aliphatic hydroxyl groups is 1. The molecule has 0 amide bonds. The van der Waals surface area contributed by atoms with Crippen LogP contribution in [0.15, 0.2) is 0 Å². The normalized spacial score (nSPS) is 42.9. The van der Waals surface area contributed by atoms with E-state index in [0.29, 0.717) is 17.9 Å². The lowest BCUT2D eigenvalue weighted by Gasteiger charge is -2.25. The quantitative estimate of drug-likeness (QED) is 0.677. The molecule has 1 N–H and O–H groups in total. The van der Waals surface area contributed by atoms with Gasteiger partial charge in [-0.1, -0.05) is 13.3 Å². The minimum atomic E-state index is -0.0176. The number of unbranched alkanes of at least 4 members (excludes halogenated alkanes) is 1. The second-order valence-electron chi connectivity index (χ2n) is 4.56. The zero-order valence-electron chi connectivity index (χ0n) is 8.41. The van der Waals surface area contributed by atoms with Crippen LogP contribution in [0.2, 0.25) is 0 Å². The van der Waals surface area contributed by atoms with Crippen molar-refractivity contribution in [2.75, 3.05) is 6.61 Å². The zero-order valence-corrected chi connectivity index (χ0v) is 8.41. The summed E-state index contributed by atoms with van der Waals surface area (Å²) >= 11 is 0. The van der Waals surface area contributed by atoms with Gasteiger partial charge in [0.05, 0.1) is 12.2 Å². The molecule has 2 rings (SSSR count). The lowest BCUT2D eigenvalue weighted by Crippen LogP contribution is -2.27. The third-order valence-corrected chi connectivity index (χ3v) is 3.58. The molecule has 76 valence electrons. The van der Waals surface area contributed by atoms with Crippen molar-refractivity contribution in [2.45, 2.75) is 51.2 Å². The van der Waals surface area contributed by atoms with Crippen LogP contribution < -0.4 is 0 Å². The Labute approximate surface area is 80.3 Å². The molecule has 0 aromatic heterocycles. The summed E-state index contributed by atoms with van der Waals surface area (Å²) in [5.41, 5.74) is 0. The molecule has 2 aliphatic carbocycles. The molecular formula is C11H20O2. The number of hydrogen-bond acceptors (Lipinski definition) is 2. The van der Waals surface area contributed by atoms with Gasteiger partial charge in [0.15, 0.2) is 0 Å². The number of ether oxygens (including phenoxy) is 1. The van der Waals surface area contributed by atoms with Gasteiger partial charge in [-0.3, -0.25) is 0 Å². The van der Waals surface area contributed by atoms with Crippen LogP contribution in [0.3, 0.4) is 0 Å². The molecule has 2 nitrogen and oxygen atoms in total. The molecule has 0 saturated heterocycles. The minimum Gasteiger partial charge on any atom is -0.393 e. The first-order chi connectivity index (χ1) is 6.31. The van der Waals surface area contributed by atoms with Crippen molar-refractivity contribution in [2.24, 2.45) is 11.8 Å². The fraction of sp³-hybridized carbons (Fsp3) is 1.00. The van der Waals surface area contributed by atoms with E-state index < -0.39 is 0 Å². The van der Waals surface area contributed by atoms with Crippen LogP contribution in [0.25, 0.3) is 0 Å². The van der Waals surface area contributed by atoms with E-state index in [9.17, 15) is 5.11 Å². The average Bonchev–Trinajstić information content (AvgIpc) is 2.63. The van der Waals surface area contributed by atoms with Crippen LogP contribution in [0, 0.1) is 11.8 Å². The molecule has 2 heteroatoms. The Morgan fingerprint density at radius 3 is 2.62 bits per heavy atom. The Morgan fingerprint density at radius 2 is 2.08 bits per heavy atom. The van der Waals surface area contributed by atoms with E-state index in [4.69, 9.17) is 4.74 Å². The van der Waals surface area contributed by atoms with Gasteiger partial charge in [-0.25, -0.2) is 0 Å². The Hall–Kier alpha value is -0.0800. The number of aliphatic hydroxyl groups excluding tert-OH is 1. The summed E-state index contributed by atoms with van der Waals surface area (Å²) in [7, 11) is 0. The molecule has 4 atom stereocenters. The average molecular weight is 184 g/mol. The topological polar surface area (TPSA) is 29.5 Å². The van der Waals surface area contributed by atoms with Crippen molar-refractivity contribution in [3.63, 3.8) is 0 Å². The van der Waals surface area contributed by atoms with Gasteiger partial charge in [0.2, 0.25) is 0 Å². The molecule has 2 aliphatic rings. The highest BCUT2D eigenvalue weighted by molar-refractivity contribution is 4.96. The molecule has 0 aliphatic heterocycles. The number of hydrogen-bond donors (Lipinski definition) is 1. The molecule has 2 saturated carbocycles. The Kier molecular flexibility index (Phi) is 2.89. The predicted octanol–water partition coefficient (Wildman–Crippen LogP) is 1.96. The van der Waals surface area contributed by atoms with Gasteiger partial charge >= 0.3 is 0 Å². The smallest absolute Gasteiger partial charge is 0.0607 e. The molecule has 0 heterocycles. The van der Waals surface area contributed by atoms with Crippen molar-refractivity contribution in [1.29, 1.82) is 0 Å². The van der Waals surface area contributed by atoms with Crippen molar-refractivity contribution in [1.82, 2.24) is 0 Å². The van der Waals surface area contributed by atoms with Crippen LogP contribution in [0.1, 0.15) is 39.0 Å². The summed E-state index contributed by atoms with van der Waals surface area (Å²) in [6.07, 6.45) is 6.14. The lowest BCUT2D eigenvalue weighted by molar-refractivity contribution is -0.0122. The summed E-state index contributed by atoms with van der Waals surface area (Å²) in [6, 6.07) is 0. The highest BCUT2D eigenvalue weighted by Crippen LogP contribution is 2.46. The van der Waals surface area contributed by atoms with E-state index in [2.05, 4.69) is 6.92 Å². The molecule has 4 unspecified atom stereocenters. The van der Waals surface area contributed by atoms with Gasteiger partial charge in [-0.2, -0.15) is 0 Å². The SMILES string of the molecule is CCCCOC1CC2CC1CC2O. The van der Waals surface area contributed by atoms with E-state index in [1.165, 1.54) is 19.3 Å². The number of rotatable bonds is 4. The Balaban J connectivity index is 1.73. The van der Waals surface area contributed by atoms with E-state index in [1.54, 1.807) is 0 Å². The standard InChI is InChI=1S/C11H20O2/c1-2-3-4-13-11-7-8-5-9(11)6-10(8)12/h8-12H,2-7H2,1H3. The first kappa shape index (κ1) is 9.47. The van der Waals surface area contributed by atoms with Crippen LogP contribution in [0.5, 0.6) is 0 Å². The van der Waals surface area contributed by atoms with Crippen molar-refractivity contribution < 1.29 is 9.84 Å². The lowest BCUT2D eigenvalue weighted by atomic mass is 9.95. The van der Waals surface area contributed by atoms with Gasteiger partial charge in [0.25, 0.3) is 0 Å². The molecule has 2 fully saturated rings. The Bertz CT molecular complexity index is 167. The second kappa shape index (κ2) is 3.97. The predicted molar refractivity (Wildman–Crippen MR) is 51.5 cm³/mol. The molecule has 0 spiro atoms. The molecule has 13 heavy (non-hydrogen) atoms. The van der Waals surface area contributed by atoms with Gasteiger partial charge in [0.1, 0.15) is 0 Å². The highest BCUT2D eigenvalue weighted by atomic mass is 16.5. The third-order valence-electron chi connectivity index (χ3n) is 3.58. The highest BCUT2D eigenvalue weighted by Gasteiger charge is 2.45. The molecule has 0 radical (unpaired) electrons. The van der Waals surface area contributed by atoms with Gasteiger partial charge in [0, 0.05) is 6.61 Å². The first-order valence-corrected chi connectivity index (χ1v) is 5.61. The zero-order chi connectivity index (χ0) is 9.26. The van der Waals surface area contributed by atoms with Crippen LogP contribution in [-0.2, 0) is 4.74 Å². The van der Waals surface area contributed by atoms with Crippen LogP contribution in [-0.4, -0.2) is 23.9 Å². The maximum atomic E-state index is 9.55. The van der Waals surface area contributed by atoms with E-state index in [-0.39, 0.29) is 6.10 Å². The van der Waals surface area contributed by atoms with E-state index >= 15 is 0 Å². The van der Waals surface area contributed by atoms with Gasteiger partial charge in [-0.15, -0.1) is 0 Å². The summed E-state index contributed by atoms with van der Waals surface area (Å²) < 4.78 is 5.81. The third kappa shape index (κ3) is 1.89. The Morgan fingerprint density at radius 1 is 1.23 bits per heavy atom. The fourth-order valence-electron chi connectivity index (χ4n) is 2.78. The molecule has 0 aromatic carbocycles. The summed E-state index contributed by atoms with van der Waals surface area (Å²) in [5.74, 6) is 1.22. The second-order valence-corrected chi connectivity index (χ2v) is 4.56. The van der Waals surface area contributed by atoms with Crippen molar-refractivity contribution in [3.8, 4) is 0 Å². The van der Waals surface area contributed by atoms with Crippen molar-refractivity contribution in [3.05, 3.63) is 0 Å². The summed E-state index contributed by atoms with van der Waals surface area (Å²) in [5, 5.41) is 9.55. The van der Waals surface area contributed by atoms with Crippen LogP contribution in [0.4, 0.5) is 0 Å². The minimum absolute atomic E-state index is 0.0176. The van der Waals surface area contributed by atoms with Gasteiger partial charge in [-0.05, 0) is 37.5 Å². The largest absolute Gasteiger partial charge is 0.393 e. The first-order valence-electron chi connectivity index (χ1n) is 5.61. The van der Waals surface area contributed by atoms with Crippen molar-refractivity contribution >= 4 is 0 Å². The van der Waals surface area contributed by atoms with E-state index in [1.807, 2.05) is 0 Å². The maximum absolute atomic E-state index is 9.55. The number of fused-ring (bicyclic) bond motifs is 2. The summed E-state index contributed by atoms with van der Waals surface area (Å²) in [6.45, 7) is 3.11.